The quantitative estimate of drug-likeness (QED) is 0.181. The van der Waals surface area contributed by atoms with Gasteiger partial charge in [-0.1, -0.05) is 152 Å². The maximum Gasteiger partial charge on any atom is 0.165 e. The Balaban J connectivity index is 1.10. The zero-order chi connectivity index (χ0) is 32.6. The van der Waals surface area contributed by atoms with Gasteiger partial charge in [0.1, 0.15) is 0 Å². The van der Waals surface area contributed by atoms with E-state index < -0.39 is 0 Å². The number of nitrogens with zero attached hydrogens (tertiary/aromatic N) is 3. The molecule has 9 aromatic rings. The molecule has 3 nitrogen and oxygen atoms in total. The largest absolute Gasteiger partial charge is 0.208 e. The summed E-state index contributed by atoms with van der Waals surface area (Å²) in [5.74, 6) is 1.99. The first kappa shape index (κ1) is 29.0. The van der Waals surface area contributed by atoms with Crippen LogP contribution in [0.1, 0.15) is 0 Å². The Morgan fingerprint density at radius 1 is 0.306 bits per heavy atom. The molecule has 0 aliphatic rings. The molecule has 0 radical (unpaired) electrons. The Morgan fingerprint density at radius 3 is 1.39 bits per heavy atom. The van der Waals surface area contributed by atoms with Crippen molar-refractivity contribution in [3.05, 3.63) is 176 Å². The fourth-order valence-corrected chi connectivity index (χ4v) is 7.68. The lowest BCUT2D eigenvalue weighted by Gasteiger charge is -2.10. The SMILES string of the molecule is c1ccc(-c2cccc(-c3cccc(-c4ccc(-c5nc(-c6ccccc6)nc(-c6cccc7c6sc6ccccc67)n5)cc4)c3)c2)cc1. The van der Waals surface area contributed by atoms with E-state index in [9.17, 15) is 0 Å². The molecule has 2 heterocycles. The van der Waals surface area contributed by atoms with Gasteiger partial charge in [0, 0.05) is 36.9 Å². The van der Waals surface area contributed by atoms with Crippen molar-refractivity contribution < 1.29 is 0 Å². The van der Waals surface area contributed by atoms with Crippen LogP contribution in [0.25, 0.3) is 87.7 Å². The first-order chi connectivity index (χ1) is 24.3. The molecule has 4 heteroatoms. The number of thiophene rings is 1. The minimum atomic E-state index is 0.653. The standard InChI is InChI=1S/C45H29N3S/c1-3-12-30(13-4-1)34-16-9-18-36(28-34)37-19-10-17-35(29-37)31-24-26-33(27-25-31)44-46-43(32-14-5-2-6-15-32)47-45(48-44)40-22-11-21-39-38-20-7-8-23-41(38)49-42(39)40/h1-29H. The van der Waals surface area contributed by atoms with Crippen molar-refractivity contribution in [2.75, 3.05) is 0 Å². The molecule has 0 aliphatic heterocycles. The first-order valence-corrected chi connectivity index (χ1v) is 17.2. The van der Waals surface area contributed by atoms with Gasteiger partial charge in [-0.3, -0.25) is 0 Å². The molecule has 230 valence electrons. The van der Waals surface area contributed by atoms with Gasteiger partial charge in [-0.2, -0.15) is 0 Å². The van der Waals surface area contributed by atoms with E-state index in [1.165, 1.54) is 42.4 Å². The van der Waals surface area contributed by atoms with E-state index in [-0.39, 0.29) is 0 Å². The smallest absolute Gasteiger partial charge is 0.165 e. The van der Waals surface area contributed by atoms with E-state index in [1.807, 2.05) is 18.2 Å². The number of rotatable bonds is 6. The zero-order valence-corrected chi connectivity index (χ0v) is 27.3. The van der Waals surface area contributed by atoms with Crippen LogP contribution in [0.5, 0.6) is 0 Å². The molecule has 0 amide bonds. The first-order valence-electron chi connectivity index (χ1n) is 16.4. The summed E-state index contributed by atoms with van der Waals surface area (Å²) in [4.78, 5) is 15.1. The molecule has 0 aliphatic carbocycles. The molecular weight excluding hydrogens is 615 g/mol. The molecule has 0 bridgehead atoms. The number of hydrogen-bond donors (Lipinski definition) is 0. The van der Waals surface area contributed by atoms with Crippen molar-refractivity contribution in [2.24, 2.45) is 0 Å². The Labute approximate surface area is 288 Å². The molecule has 0 spiro atoms. The van der Waals surface area contributed by atoms with Crippen LogP contribution in [0.4, 0.5) is 0 Å². The van der Waals surface area contributed by atoms with Crippen LogP contribution in [0.2, 0.25) is 0 Å². The summed E-state index contributed by atoms with van der Waals surface area (Å²) in [6, 6.07) is 61.7. The summed E-state index contributed by atoms with van der Waals surface area (Å²) in [5, 5.41) is 2.48. The van der Waals surface area contributed by atoms with Crippen LogP contribution in [0.15, 0.2) is 176 Å². The van der Waals surface area contributed by atoms with Gasteiger partial charge in [0.15, 0.2) is 17.5 Å². The number of aromatic nitrogens is 3. The van der Waals surface area contributed by atoms with Gasteiger partial charge in [0.25, 0.3) is 0 Å². The summed E-state index contributed by atoms with van der Waals surface area (Å²) >= 11 is 1.78. The normalized spacial score (nSPS) is 11.3. The predicted octanol–water partition coefficient (Wildman–Crippen LogP) is 12.2. The van der Waals surface area contributed by atoms with E-state index >= 15 is 0 Å². The van der Waals surface area contributed by atoms with Gasteiger partial charge in [-0.05, 0) is 57.6 Å². The minimum absolute atomic E-state index is 0.653. The number of benzene rings is 7. The zero-order valence-electron chi connectivity index (χ0n) is 26.5. The Hall–Kier alpha value is -6.23. The molecule has 2 aromatic heterocycles. The Kier molecular flexibility index (Phi) is 7.34. The lowest BCUT2D eigenvalue weighted by molar-refractivity contribution is 1.08. The van der Waals surface area contributed by atoms with E-state index in [1.54, 1.807) is 11.3 Å². The molecule has 7 aromatic carbocycles. The van der Waals surface area contributed by atoms with Crippen molar-refractivity contribution >= 4 is 31.5 Å². The van der Waals surface area contributed by atoms with E-state index in [0.29, 0.717) is 17.5 Å². The van der Waals surface area contributed by atoms with Crippen LogP contribution in [0.3, 0.4) is 0 Å². The second-order valence-electron chi connectivity index (χ2n) is 12.1. The molecule has 0 N–H and O–H groups in total. The predicted molar refractivity (Wildman–Crippen MR) is 205 cm³/mol. The van der Waals surface area contributed by atoms with Gasteiger partial charge in [-0.25, -0.2) is 15.0 Å². The highest BCUT2D eigenvalue weighted by Gasteiger charge is 2.16. The van der Waals surface area contributed by atoms with Gasteiger partial charge >= 0.3 is 0 Å². The van der Waals surface area contributed by atoms with Crippen LogP contribution in [0, 0.1) is 0 Å². The molecule has 0 atom stereocenters. The highest BCUT2D eigenvalue weighted by molar-refractivity contribution is 7.26. The monoisotopic (exact) mass is 643 g/mol. The van der Waals surface area contributed by atoms with Crippen LogP contribution in [-0.2, 0) is 0 Å². The minimum Gasteiger partial charge on any atom is -0.208 e. The van der Waals surface area contributed by atoms with Crippen LogP contribution >= 0.6 is 11.3 Å². The second-order valence-corrected chi connectivity index (χ2v) is 13.1. The van der Waals surface area contributed by atoms with Crippen molar-refractivity contribution in [3.63, 3.8) is 0 Å². The summed E-state index contributed by atoms with van der Waals surface area (Å²) in [5.41, 5.74) is 10.0. The van der Waals surface area contributed by atoms with Gasteiger partial charge in [0.05, 0.1) is 0 Å². The maximum atomic E-state index is 5.09. The molecule has 49 heavy (non-hydrogen) atoms. The summed E-state index contributed by atoms with van der Waals surface area (Å²) in [6.45, 7) is 0. The van der Waals surface area contributed by atoms with Gasteiger partial charge < -0.3 is 0 Å². The molecule has 0 unspecified atom stereocenters. The third-order valence-corrected chi connectivity index (χ3v) is 10.2. The molecular formula is C45H29N3S. The van der Waals surface area contributed by atoms with E-state index in [0.717, 1.165) is 27.8 Å². The van der Waals surface area contributed by atoms with Gasteiger partial charge in [-0.15, -0.1) is 11.3 Å². The van der Waals surface area contributed by atoms with E-state index in [2.05, 4.69) is 158 Å². The Bertz CT molecular complexity index is 2590. The maximum absolute atomic E-state index is 5.09. The number of hydrogen-bond acceptors (Lipinski definition) is 4. The van der Waals surface area contributed by atoms with Crippen LogP contribution in [-0.4, -0.2) is 15.0 Å². The molecule has 0 saturated heterocycles. The average molecular weight is 644 g/mol. The van der Waals surface area contributed by atoms with E-state index in [4.69, 9.17) is 15.0 Å². The Morgan fingerprint density at radius 2 is 0.735 bits per heavy atom. The third-order valence-electron chi connectivity index (χ3n) is 8.95. The lowest BCUT2D eigenvalue weighted by Crippen LogP contribution is -2.00. The topological polar surface area (TPSA) is 38.7 Å². The lowest BCUT2D eigenvalue weighted by atomic mass is 9.96. The fraction of sp³-hybridized carbons (Fsp3) is 0. The van der Waals surface area contributed by atoms with Crippen molar-refractivity contribution in [2.45, 2.75) is 0 Å². The van der Waals surface area contributed by atoms with Crippen molar-refractivity contribution in [1.82, 2.24) is 15.0 Å². The second kappa shape index (κ2) is 12.4. The highest BCUT2D eigenvalue weighted by Crippen LogP contribution is 2.39. The third kappa shape index (κ3) is 5.58. The highest BCUT2D eigenvalue weighted by atomic mass is 32.1. The summed E-state index contributed by atoms with van der Waals surface area (Å²) in [7, 11) is 0. The van der Waals surface area contributed by atoms with Crippen molar-refractivity contribution in [3.8, 4) is 67.5 Å². The molecule has 9 rings (SSSR count). The summed E-state index contributed by atoms with van der Waals surface area (Å²) in [6.07, 6.45) is 0. The van der Waals surface area contributed by atoms with Crippen LogP contribution < -0.4 is 0 Å². The van der Waals surface area contributed by atoms with Crippen molar-refractivity contribution in [1.29, 1.82) is 0 Å². The molecule has 0 fully saturated rings. The average Bonchev–Trinajstić information content (AvgIpc) is 3.58. The van der Waals surface area contributed by atoms with Gasteiger partial charge in [0.2, 0.25) is 0 Å². The number of fused-ring (bicyclic) bond motifs is 3. The fourth-order valence-electron chi connectivity index (χ4n) is 6.46. The summed E-state index contributed by atoms with van der Waals surface area (Å²) < 4.78 is 2.44. The molecule has 0 saturated carbocycles.